The summed E-state index contributed by atoms with van der Waals surface area (Å²) in [6.07, 6.45) is 5.12. The molecule has 1 aromatic carbocycles. The van der Waals surface area contributed by atoms with E-state index in [9.17, 15) is 19.5 Å². The minimum atomic E-state index is -1.01. The van der Waals surface area contributed by atoms with Crippen molar-refractivity contribution >= 4 is 42.0 Å². The molecule has 0 radical (unpaired) electrons. The second kappa shape index (κ2) is 11.7. The molecule has 2 saturated heterocycles. The molecule has 0 unspecified atom stereocenters. The normalized spacial score (nSPS) is 21.1. The summed E-state index contributed by atoms with van der Waals surface area (Å²) in [5.41, 5.74) is 0.0522. The Morgan fingerprint density at radius 1 is 1.26 bits per heavy atom. The van der Waals surface area contributed by atoms with Gasteiger partial charge in [0.05, 0.1) is 11.5 Å². The van der Waals surface area contributed by atoms with E-state index in [4.69, 9.17) is 0 Å². The maximum atomic E-state index is 13.4. The molecular formula is C22H32ClN3O4S. The van der Waals surface area contributed by atoms with Gasteiger partial charge in [0.15, 0.2) is 0 Å². The highest BCUT2D eigenvalue weighted by Crippen LogP contribution is 2.36. The Bertz CT molecular complexity index is 750. The van der Waals surface area contributed by atoms with E-state index >= 15 is 0 Å². The summed E-state index contributed by atoms with van der Waals surface area (Å²) in [6, 6.07) is 8.51. The Balaban J connectivity index is 0.00000341. The van der Waals surface area contributed by atoms with E-state index in [2.05, 4.69) is 10.6 Å². The Morgan fingerprint density at radius 2 is 1.94 bits per heavy atom. The highest BCUT2D eigenvalue weighted by molar-refractivity contribution is 7.98. The zero-order valence-corrected chi connectivity index (χ0v) is 19.5. The van der Waals surface area contributed by atoms with E-state index in [0.29, 0.717) is 38.1 Å². The lowest BCUT2D eigenvalue weighted by Crippen LogP contribution is -2.57. The number of aliphatic carboxylic acids is 1. The zero-order valence-electron chi connectivity index (χ0n) is 17.8. The number of carboxylic acid groups (broad SMARTS) is 1. The number of thioether (sulfide) groups is 1. The van der Waals surface area contributed by atoms with Crippen LogP contribution in [-0.4, -0.2) is 71.5 Å². The number of carbonyl (C=O) groups excluding carboxylic acids is 2. The van der Waals surface area contributed by atoms with Crippen LogP contribution in [0.15, 0.2) is 30.3 Å². The smallest absolute Gasteiger partial charge is 0.326 e. The lowest BCUT2D eigenvalue weighted by molar-refractivity contribution is -0.144. The van der Waals surface area contributed by atoms with Crippen molar-refractivity contribution in [3.05, 3.63) is 35.9 Å². The van der Waals surface area contributed by atoms with Crippen LogP contribution in [0.2, 0.25) is 0 Å². The first kappa shape index (κ1) is 25.5. The third-order valence-corrected chi connectivity index (χ3v) is 6.91. The maximum absolute atomic E-state index is 13.4. The Kier molecular flexibility index (Phi) is 9.65. The number of piperidine rings is 1. The first-order valence-electron chi connectivity index (χ1n) is 10.6. The van der Waals surface area contributed by atoms with E-state index in [1.54, 1.807) is 11.8 Å². The van der Waals surface area contributed by atoms with Crippen molar-refractivity contribution in [1.29, 1.82) is 0 Å². The number of benzene rings is 1. The average Bonchev–Trinajstić information content (AvgIpc) is 3.31. The lowest BCUT2D eigenvalue weighted by atomic mass is 9.71. The molecule has 0 saturated carbocycles. The van der Waals surface area contributed by atoms with E-state index in [0.717, 1.165) is 24.9 Å². The Hall–Kier alpha value is -1.77. The van der Waals surface area contributed by atoms with Crippen molar-refractivity contribution in [3.63, 3.8) is 0 Å². The summed E-state index contributed by atoms with van der Waals surface area (Å²) in [7, 11) is 0. The summed E-state index contributed by atoms with van der Waals surface area (Å²) in [6.45, 7) is 1.84. The molecule has 31 heavy (non-hydrogen) atoms. The van der Waals surface area contributed by atoms with Crippen molar-refractivity contribution in [2.75, 3.05) is 31.6 Å². The van der Waals surface area contributed by atoms with E-state index in [1.807, 2.05) is 41.5 Å². The number of nitrogens with one attached hydrogen (secondary N) is 2. The summed E-state index contributed by atoms with van der Waals surface area (Å²) >= 11 is 1.56. The van der Waals surface area contributed by atoms with Gasteiger partial charge in [-0.15, -0.1) is 12.4 Å². The number of amides is 2. The molecular weight excluding hydrogens is 438 g/mol. The molecule has 2 heterocycles. The van der Waals surface area contributed by atoms with Crippen LogP contribution in [0.1, 0.15) is 37.7 Å². The topological polar surface area (TPSA) is 98.7 Å². The minimum absolute atomic E-state index is 0. The van der Waals surface area contributed by atoms with Gasteiger partial charge in [0.1, 0.15) is 6.04 Å². The van der Waals surface area contributed by atoms with Gasteiger partial charge < -0.3 is 20.6 Å². The fraction of sp³-hybridized carbons (Fsp3) is 0.591. The van der Waals surface area contributed by atoms with E-state index < -0.39 is 17.4 Å². The highest BCUT2D eigenvalue weighted by atomic mass is 35.5. The van der Waals surface area contributed by atoms with Crippen LogP contribution in [0.25, 0.3) is 0 Å². The number of halogens is 1. The van der Waals surface area contributed by atoms with Crippen LogP contribution < -0.4 is 10.6 Å². The SMILES string of the molecule is CSCC[C@H](NC(=O)C1(c2ccccc2)CCN(C(=O)[C@@H]2CCCN2)CC1)C(=O)O.Cl. The van der Waals surface area contributed by atoms with Crippen LogP contribution in [0.4, 0.5) is 0 Å². The molecule has 0 aromatic heterocycles. The second-order valence-corrected chi connectivity index (χ2v) is 9.05. The summed E-state index contributed by atoms with van der Waals surface area (Å²) in [5.74, 6) is -0.501. The zero-order chi connectivity index (χ0) is 21.6. The van der Waals surface area contributed by atoms with Crippen LogP contribution in [0, 0.1) is 0 Å². The fourth-order valence-corrected chi connectivity index (χ4v) is 4.89. The Morgan fingerprint density at radius 3 is 2.48 bits per heavy atom. The number of carbonyl (C=O) groups is 3. The molecule has 9 heteroatoms. The summed E-state index contributed by atoms with van der Waals surface area (Å²) in [5, 5.41) is 15.6. The number of carboxylic acids is 1. The van der Waals surface area contributed by atoms with Gasteiger partial charge in [0.2, 0.25) is 11.8 Å². The number of likely N-dealkylation sites (tertiary alicyclic amines) is 1. The van der Waals surface area contributed by atoms with Crippen LogP contribution in [-0.2, 0) is 19.8 Å². The van der Waals surface area contributed by atoms with Gasteiger partial charge in [-0.2, -0.15) is 11.8 Å². The molecule has 2 aliphatic heterocycles. The molecule has 1 aromatic rings. The van der Waals surface area contributed by atoms with Gasteiger partial charge in [-0.1, -0.05) is 30.3 Å². The van der Waals surface area contributed by atoms with Crippen LogP contribution >= 0.6 is 24.2 Å². The van der Waals surface area contributed by atoms with Crippen molar-refractivity contribution in [3.8, 4) is 0 Å². The second-order valence-electron chi connectivity index (χ2n) is 8.07. The minimum Gasteiger partial charge on any atom is -0.480 e. The Labute approximate surface area is 194 Å². The molecule has 2 amide bonds. The summed E-state index contributed by atoms with van der Waals surface area (Å²) in [4.78, 5) is 39.7. The van der Waals surface area contributed by atoms with Crippen molar-refractivity contribution in [2.45, 2.75) is 49.6 Å². The molecule has 2 fully saturated rings. The van der Waals surface area contributed by atoms with E-state index in [-0.39, 0.29) is 30.3 Å². The standard InChI is InChI=1S/C22H31N3O4S.ClH/c1-30-15-9-18(20(27)28)24-21(29)22(16-6-3-2-4-7-16)10-13-25(14-11-22)19(26)17-8-5-12-23-17;/h2-4,6-7,17-18,23H,5,8-15H2,1H3,(H,24,29)(H,27,28);1H/t17-,18-;/m0./s1. The van der Waals surface area contributed by atoms with Crippen molar-refractivity contribution < 1.29 is 19.5 Å². The summed E-state index contributed by atoms with van der Waals surface area (Å²) < 4.78 is 0. The predicted molar refractivity (Wildman–Crippen MR) is 125 cm³/mol. The highest BCUT2D eigenvalue weighted by Gasteiger charge is 2.45. The van der Waals surface area contributed by atoms with Gasteiger partial charge in [0.25, 0.3) is 0 Å². The van der Waals surface area contributed by atoms with Gasteiger partial charge in [-0.3, -0.25) is 9.59 Å². The lowest BCUT2D eigenvalue weighted by Gasteiger charge is -2.42. The molecule has 0 bridgehead atoms. The quantitative estimate of drug-likeness (QED) is 0.539. The van der Waals surface area contributed by atoms with Gasteiger partial charge in [-0.05, 0) is 56.2 Å². The first-order chi connectivity index (χ1) is 14.5. The first-order valence-corrected chi connectivity index (χ1v) is 12.0. The van der Waals surface area contributed by atoms with Gasteiger partial charge in [-0.25, -0.2) is 4.79 Å². The van der Waals surface area contributed by atoms with Gasteiger partial charge in [0, 0.05) is 13.1 Å². The molecule has 2 aliphatic rings. The average molecular weight is 470 g/mol. The third kappa shape index (κ3) is 5.93. The van der Waals surface area contributed by atoms with Crippen molar-refractivity contribution in [2.24, 2.45) is 0 Å². The monoisotopic (exact) mass is 469 g/mol. The molecule has 0 spiro atoms. The predicted octanol–water partition coefficient (Wildman–Crippen LogP) is 2.04. The van der Waals surface area contributed by atoms with Gasteiger partial charge >= 0.3 is 5.97 Å². The number of rotatable bonds is 8. The molecule has 2 atom stereocenters. The van der Waals surface area contributed by atoms with Crippen molar-refractivity contribution in [1.82, 2.24) is 15.5 Å². The molecule has 172 valence electrons. The maximum Gasteiger partial charge on any atom is 0.326 e. The largest absolute Gasteiger partial charge is 0.480 e. The third-order valence-electron chi connectivity index (χ3n) is 6.26. The van der Waals surface area contributed by atoms with Crippen LogP contribution in [0.3, 0.4) is 0 Å². The molecule has 7 nitrogen and oxygen atoms in total. The number of hydrogen-bond acceptors (Lipinski definition) is 5. The number of nitrogens with zero attached hydrogens (tertiary/aromatic N) is 1. The molecule has 3 N–H and O–H groups in total. The molecule has 3 rings (SSSR count). The van der Waals surface area contributed by atoms with Crippen LogP contribution in [0.5, 0.6) is 0 Å². The molecule has 0 aliphatic carbocycles. The fourth-order valence-electron chi connectivity index (χ4n) is 4.42. The number of hydrogen-bond donors (Lipinski definition) is 3. The van der Waals surface area contributed by atoms with E-state index in [1.165, 1.54) is 0 Å².